The Hall–Kier alpha value is -1.27. The Balaban J connectivity index is 2.15. The fourth-order valence-electron chi connectivity index (χ4n) is 3.42. The number of nitrogens with zero attached hydrogens (tertiary/aromatic N) is 2. The molecule has 2 rings (SSSR count). The number of hydrogen-bond acceptors (Lipinski definition) is 9. The summed E-state index contributed by atoms with van der Waals surface area (Å²) in [6.45, 7) is 4.41. The zero-order chi connectivity index (χ0) is 23.6. The highest BCUT2D eigenvalue weighted by Crippen LogP contribution is 2.53. The average Bonchev–Trinajstić information content (AvgIpc) is 2.91. The lowest BCUT2D eigenvalue weighted by Crippen LogP contribution is -2.39. The monoisotopic (exact) mass is 479 g/mol. The lowest BCUT2D eigenvalue weighted by Gasteiger charge is -2.31. The molecule has 1 aromatic heterocycles. The maximum absolute atomic E-state index is 13.1. The maximum atomic E-state index is 13.1. The van der Waals surface area contributed by atoms with Gasteiger partial charge in [-0.3, -0.25) is 28.2 Å². The molecule has 31 heavy (non-hydrogen) atoms. The van der Waals surface area contributed by atoms with Crippen LogP contribution in [-0.2, 0) is 18.4 Å². The van der Waals surface area contributed by atoms with Gasteiger partial charge in [-0.05, 0) is 27.4 Å². The van der Waals surface area contributed by atoms with Crippen LogP contribution >= 0.6 is 19.5 Å². The van der Waals surface area contributed by atoms with Crippen LogP contribution in [0.4, 0.5) is 0 Å². The van der Waals surface area contributed by atoms with E-state index in [1.54, 1.807) is 6.92 Å². The van der Waals surface area contributed by atoms with E-state index < -0.39 is 42.7 Å². The molecule has 1 aromatic rings. The summed E-state index contributed by atoms with van der Waals surface area (Å²) in [5.41, 5.74) is -1.97. The van der Waals surface area contributed by atoms with Gasteiger partial charge in [-0.2, -0.15) is 0 Å². The van der Waals surface area contributed by atoms with E-state index in [0.29, 0.717) is 11.3 Å². The van der Waals surface area contributed by atoms with Gasteiger partial charge in [0.1, 0.15) is 6.10 Å². The number of nitrogens with one attached hydrogen (secondary N) is 1. The first-order chi connectivity index (χ1) is 14.3. The molecule has 1 aliphatic rings. The number of H-pyrrole nitrogens is 1. The van der Waals surface area contributed by atoms with Gasteiger partial charge in [0.15, 0.2) is 5.12 Å². The van der Waals surface area contributed by atoms with E-state index in [2.05, 4.69) is 4.98 Å². The summed E-state index contributed by atoms with van der Waals surface area (Å²) in [7, 11) is -0.667. The summed E-state index contributed by atoms with van der Waals surface area (Å²) in [5, 5.41) is 21.2. The minimum atomic E-state index is -3.71. The van der Waals surface area contributed by atoms with Crippen LogP contribution in [0.2, 0.25) is 0 Å². The average molecular weight is 479 g/mol. The Morgan fingerprint density at radius 1 is 1.39 bits per heavy atom. The number of carbonyl (C=O) groups is 1. The molecule has 11 nitrogen and oxygen atoms in total. The molecule has 0 aromatic carbocycles. The highest BCUT2D eigenvalue weighted by atomic mass is 32.2. The second-order valence-electron chi connectivity index (χ2n) is 8.10. The van der Waals surface area contributed by atoms with Crippen LogP contribution in [0.3, 0.4) is 0 Å². The molecule has 0 amide bonds. The molecule has 3 N–H and O–H groups in total. The van der Waals surface area contributed by atoms with E-state index in [4.69, 9.17) is 9.05 Å². The fourth-order valence-corrected chi connectivity index (χ4v) is 5.31. The van der Waals surface area contributed by atoms with E-state index in [1.165, 1.54) is 43.4 Å². The fraction of sp³-hybridized carbons (Fsp3) is 0.722. The van der Waals surface area contributed by atoms with Crippen LogP contribution in [0.1, 0.15) is 31.9 Å². The SMILES string of the molecule is CC(=O)SCCOP(=O)(OC[C@@]1(C)C[C@H](n2cc(C)c(=O)[nH]c2=O)C(O)[C@H]1O)N(C)C. The van der Waals surface area contributed by atoms with E-state index in [9.17, 15) is 29.2 Å². The van der Waals surface area contributed by atoms with Crippen molar-refractivity contribution >= 4 is 24.6 Å². The first-order valence-corrected chi connectivity index (χ1v) is 12.2. The van der Waals surface area contributed by atoms with Gasteiger partial charge in [-0.25, -0.2) is 14.0 Å². The molecule has 2 unspecified atom stereocenters. The number of aromatic amines is 1. The second-order valence-corrected chi connectivity index (χ2v) is 11.6. The minimum absolute atomic E-state index is 0.0241. The predicted octanol–water partition coefficient (Wildman–Crippen LogP) is 0.501. The molecule has 1 saturated carbocycles. The van der Waals surface area contributed by atoms with Crippen LogP contribution in [-0.4, -0.2) is 74.8 Å². The van der Waals surface area contributed by atoms with Crippen LogP contribution < -0.4 is 11.2 Å². The zero-order valence-electron chi connectivity index (χ0n) is 18.2. The molecule has 13 heteroatoms. The summed E-state index contributed by atoms with van der Waals surface area (Å²) in [6.07, 6.45) is -1.10. The maximum Gasteiger partial charge on any atom is 0.407 e. The molecular weight excluding hydrogens is 449 g/mol. The number of hydrogen-bond donors (Lipinski definition) is 3. The summed E-state index contributed by atoms with van der Waals surface area (Å²) in [5.74, 6) is 0.311. The molecule has 1 fully saturated rings. The summed E-state index contributed by atoms with van der Waals surface area (Å²) < 4.78 is 26.6. The Morgan fingerprint density at radius 2 is 2.03 bits per heavy atom. The Labute approximate surface area is 184 Å². The topological polar surface area (TPSA) is 151 Å². The smallest absolute Gasteiger partial charge is 0.390 e. The Morgan fingerprint density at radius 3 is 2.61 bits per heavy atom. The molecule has 0 aliphatic heterocycles. The van der Waals surface area contributed by atoms with Crippen LogP contribution in [0.15, 0.2) is 15.8 Å². The third-order valence-corrected chi connectivity index (χ3v) is 8.02. The number of carbonyl (C=O) groups excluding carboxylic acids is 1. The van der Waals surface area contributed by atoms with Gasteiger partial charge in [-0.1, -0.05) is 18.7 Å². The molecule has 0 spiro atoms. The largest absolute Gasteiger partial charge is 0.407 e. The summed E-state index contributed by atoms with van der Waals surface area (Å²) in [4.78, 5) is 37.1. The van der Waals surface area contributed by atoms with Crippen LogP contribution in [0.5, 0.6) is 0 Å². The molecule has 0 radical (unpaired) electrons. The van der Waals surface area contributed by atoms with Crippen molar-refractivity contribution in [2.45, 2.75) is 45.4 Å². The van der Waals surface area contributed by atoms with Crippen LogP contribution in [0, 0.1) is 12.3 Å². The van der Waals surface area contributed by atoms with Gasteiger partial charge >= 0.3 is 13.4 Å². The van der Waals surface area contributed by atoms with E-state index >= 15 is 0 Å². The number of thioether (sulfide) groups is 1. The van der Waals surface area contributed by atoms with Crippen molar-refractivity contribution in [3.05, 3.63) is 32.6 Å². The first-order valence-electron chi connectivity index (χ1n) is 9.69. The van der Waals surface area contributed by atoms with Crippen molar-refractivity contribution < 1.29 is 28.6 Å². The van der Waals surface area contributed by atoms with Crippen molar-refractivity contribution in [3.63, 3.8) is 0 Å². The number of aliphatic hydroxyl groups excluding tert-OH is 2. The van der Waals surface area contributed by atoms with E-state index in [-0.39, 0.29) is 24.7 Å². The molecule has 1 heterocycles. The second kappa shape index (κ2) is 10.1. The van der Waals surface area contributed by atoms with Crippen molar-refractivity contribution in [1.82, 2.24) is 14.2 Å². The molecule has 1 aliphatic carbocycles. The van der Waals surface area contributed by atoms with Crippen LogP contribution in [0.25, 0.3) is 0 Å². The molecule has 5 atom stereocenters. The molecule has 0 bridgehead atoms. The highest BCUT2D eigenvalue weighted by molar-refractivity contribution is 8.13. The first kappa shape index (κ1) is 26.0. The zero-order valence-corrected chi connectivity index (χ0v) is 19.9. The molecular formula is C18H30N3O8PS. The van der Waals surface area contributed by atoms with E-state index in [0.717, 1.165) is 11.8 Å². The van der Waals surface area contributed by atoms with Crippen molar-refractivity contribution in [2.75, 3.05) is 33.1 Å². The quantitative estimate of drug-likeness (QED) is 0.337. The van der Waals surface area contributed by atoms with Gasteiger partial charge in [0.05, 0.1) is 25.4 Å². The number of aromatic nitrogens is 2. The predicted molar refractivity (Wildman–Crippen MR) is 116 cm³/mol. The third-order valence-electron chi connectivity index (χ3n) is 5.30. The third kappa shape index (κ3) is 5.95. The van der Waals surface area contributed by atoms with E-state index in [1.807, 2.05) is 0 Å². The van der Waals surface area contributed by atoms with Gasteiger partial charge in [0, 0.05) is 29.9 Å². The van der Waals surface area contributed by atoms with Crippen molar-refractivity contribution in [2.24, 2.45) is 5.41 Å². The van der Waals surface area contributed by atoms with Crippen molar-refractivity contribution in [3.8, 4) is 0 Å². The molecule has 0 saturated heterocycles. The standard InChI is InChI=1S/C18H30N3O8PS/c1-11-9-21(17(26)19-16(11)25)13-8-18(3,15(24)14(13)23)10-29-30(27,20(4)5)28-6-7-31-12(2)22/h9,13-15,23-24H,6-8,10H2,1-5H3,(H,19,25,26)/t13-,14?,15+,18+,30?/m0/s1. The van der Waals surface area contributed by atoms with Gasteiger partial charge < -0.3 is 10.2 Å². The summed E-state index contributed by atoms with van der Waals surface area (Å²) >= 11 is 1.04. The molecule has 176 valence electrons. The minimum Gasteiger partial charge on any atom is -0.390 e. The van der Waals surface area contributed by atoms with Gasteiger partial charge in [0.2, 0.25) is 0 Å². The number of rotatable bonds is 9. The normalized spacial score (nSPS) is 28.1. The lowest BCUT2D eigenvalue weighted by atomic mass is 9.87. The Kier molecular flexibility index (Phi) is 8.48. The van der Waals surface area contributed by atoms with Gasteiger partial charge in [-0.15, -0.1) is 0 Å². The Bertz CT molecular complexity index is 964. The summed E-state index contributed by atoms with van der Waals surface area (Å²) in [6, 6.07) is -0.807. The number of aliphatic hydroxyl groups is 2. The van der Waals surface area contributed by atoms with Gasteiger partial charge in [0.25, 0.3) is 5.56 Å². The van der Waals surface area contributed by atoms with Crippen molar-refractivity contribution in [1.29, 1.82) is 0 Å². The highest BCUT2D eigenvalue weighted by Gasteiger charge is 2.52. The lowest BCUT2D eigenvalue weighted by molar-refractivity contribution is -0.109. The number of aryl methyl sites for hydroxylation is 1.